The molecule has 0 aliphatic carbocycles. The van der Waals surface area contributed by atoms with Crippen molar-refractivity contribution in [3.8, 4) is 0 Å². The molecule has 3 N–H and O–H groups in total. The predicted molar refractivity (Wildman–Crippen MR) is 89.1 cm³/mol. The molecular weight excluding hydrogens is 299 g/mol. The SMILES string of the molecule is CC.CNC(=O)c1cn(C[C@H](F)CCC2=CC=C(C)NN2)nn1.[HH]. The first-order valence-corrected chi connectivity index (χ1v) is 7.74. The van der Waals surface area contributed by atoms with E-state index in [2.05, 4.69) is 26.5 Å². The number of alkyl halides is 1. The second-order valence-electron chi connectivity index (χ2n) is 4.83. The van der Waals surface area contributed by atoms with Gasteiger partial charge in [-0.25, -0.2) is 9.07 Å². The smallest absolute Gasteiger partial charge is 0.273 e. The van der Waals surface area contributed by atoms with Gasteiger partial charge in [-0.15, -0.1) is 5.10 Å². The van der Waals surface area contributed by atoms with Crippen molar-refractivity contribution >= 4 is 5.91 Å². The molecule has 1 amide bonds. The Hall–Kier alpha value is -2.38. The van der Waals surface area contributed by atoms with Crippen LogP contribution in [0.1, 0.15) is 45.5 Å². The zero-order chi connectivity index (χ0) is 17.2. The van der Waals surface area contributed by atoms with Crippen LogP contribution in [0.4, 0.5) is 4.39 Å². The molecule has 2 rings (SSSR count). The number of hydrogen-bond donors (Lipinski definition) is 3. The van der Waals surface area contributed by atoms with Crippen molar-refractivity contribution in [3.63, 3.8) is 0 Å². The van der Waals surface area contributed by atoms with Gasteiger partial charge in [0.1, 0.15) is 6.17 Å². The molecule has 1 aliphatic rings. The van der Waals surface area contributed by atoms with Gasteiger partial charge in [-0.1, -0.05) is 19.1 Å². The molecule has 0 spiro atoms. The normalized spacial score (nSPS) is 14.3. The highest BCUT2D eigenvalue weighted by atomic mass is 19.1. The number of halogens is 1. The van der Waals surface area contributed by atoms with E-state index in [0.717, 1.165) is 11.4 Å². The maximum atomic E-state index is 13.9. The van der Waals surface area contributed by atoms with Crippen molar-refractivity contribution in [2.24, 2.45) is 0 Å². The van der Waals surface area contributed by atoms with Gasteiger partial charge < -0.3 is 16.2 Å². The first-order valence-electron chi connectivity index (χ1n) is 7.74. The summed E-state index contributed by atoms with van der Waals surface area (Å²) < 4.78 is 15.3. The van der Waals surface area contributed by atoms with E-state index in [1.165, 1.54) is 17.9 Å². The number of nitrogens with one attached hydrogen (secondary N) is 3. The van der Waals surface area contributed by atoms with E-state index in [-0.39, 0.29) is 19.6 Å². The van der Waals surface area contributed by atoms with Crippen LogP contribution in [0.15, 0.2) is 29.7 Å². The molecule has 0 radical (unpaired) electrons. The highest BCUT2D eigenvalue weighted by Gasteiger charge is 2.13. The van der Waals surface area contributed by atoms with Crippen molar-refractivity contribution in [1.29, 1.82) is 0 Å². The van der Waals surface area contributed by atoms with Crippen molar-refractivity contribution in [1.82, 2.24) is 31.2 Å². The van der Waals surface area contributed by atoms with Crippen molar-refractivity contribution in [2.75, 3.05) is 7.05 Å². The molecule has 0 aromatic carbocycles. The molecule has 7 nitrogen and oxygen atoms in total. The molecule has 0 bridgehead atoms. The lowest BCUT2D eigenvalue weighted by Crippen LogP contribution is -2.32. The van der Waals surface area contributed by atoms with Crippen molar-refractivity contribution < 1.29 is 10.6 Å². The molecule has 0 fully saturated rings. The number of allylic oxidation sites excluding steroid dienone is 4. The lowest BCUT2D eigenvalue weighted by Gasteiger charge is -2.17. The molecule has 1 aliphatic heterocycles. The first kappa shape index (κ1) is 18.7. The van der Waals surface area contributed by atoms with Crippen LogP contribution in [0.5, 0.6) is 0 Å². The predicted octanol–water partition coefficient (Wildman–Crippen LogP) is 1.92. The Morgan fingerprint density at radius 2 is 2.17 bits per heavy atom. The first-order chi connectivity index (χ1) is 11.1. The fourth-order valence-corrected chi connectivity index (χ4v) is 1.86. The molecule has 130 valence electrons. The number of amides is 1. The Labute approximate surface area is 137 Å². The second-order valence-corrected chi connectivity index (χ2v) is 4.83. The number of nitrogens with zero attached hydrogens (tertiary/aromatic N) is 3. The maximum absolute atomic E-state index is 13.9. The highest BCUT2D eigenvalue weighted by molar-refractivity contribution is 5.91. The number of hydrazine groups is 1. The number of rotatable bonds is 6. The standard InChI is InChI=1S/C13H19FN6O.C2H6.H2/c1-9-3-5-11(17-16-9)6-4-10(14)7-20-8-12(18-19-20)13(21)15-2;1-2;/h3,5,8,10,16-17H,4,6-7H2,1-2H3,(H,15,21);1-2H3;1H/t10-;;/m1../s1. The third-order valence-corrected chi connectivity index (χ3v) is 3.07. The monoisotopic (exact) mass is 326 g/mol. The molecule has 1 aromatic heterocycles. The third kappa shape index (κ3) is 6.09. The minimum atomic E-state index is -1.06. The van der Waals surface area contributed by atoms with Crippen molar-refractivity contribution in [2.45, 2.75) is 46.3 Å². The Morgan fingerprint density at radius 3 is 2.78 bits per heavy atom. The summed E-state index contributed by atoms with van der Waals surface area (Å²) in [6.45, 7) is 6.02. The Morgan fingerprint density at radius 1 is 1.43 bits per heavy atom. The number of carbonyl (C=O) groups is 1. The van der Waals surface area contributed by atoms with Gasteiger partial charge in [0.15, 0.2) is 5.69 Å². The van der Waals surface area contributed by atoms with Crippen LogP contribution in [-0.2, 0) is 6.54 Å². The fourth-order valence-electron chi connectivity index (χ4n) is 1.86. The molecule has 23 heavy (non-hydrogen) atoms. The zero-order valence-electron chi connectivity index (χ0n) is 14.1. The van der Waals surface area contributed by atoms with Gasteiger partial charge in [-0.2, -0.15) is 0 Å². The molecule has 1 aromatic rings. The number of hydrogen-bond acceptors (Lipinski definition) is 5. The number of carbonyl (C=O) groups excluding carboxylic acids is 1. The lowest BCUT2D eigenvalue weighted by molar-refractivity contribution is 0.0958. The summed E-state index contributed by atoms with van der Waals surface area (Å²) in [6, 6.07) is 0. The van der Waals surface area contributed by atoms with Crippen molar-refractivity contribution in [3.05, 3.63) is 35.4 Å². The molecular formula is C15H27FN6O. The van der Waals surface area contributed by atoms with E-state index in [9.17, 15) is 9.18 Å². The van der Waals surface area contributed by atoms with Crippen LogP contribution in [-0.4, -0.2) is 34.1 Å². The van der Waals surface area contributed by atoms with Gasteiger partial charge in [0, 0.05) is 19.9 Å². The quantitative estimate of drug-likeness (QED) is 0.744. The second kappa shape index (κ2) is 9.60. The van der Waals surface area contributed by atoms with E-state index < -0.39 is 6.17 Å². The molecule has 1 atom stereocenters. The molecule has 2 heterocycles. The zero-order valence-corrected chi connectivity index (χ0v) is 14.1. The molecule has 0 unspecified atom stereocenters. The molecule has 0 saturated carbocycles. The van der Waals surface area contributed by atoms with E-state index in [1.807, 2.05) is 32.9 Å². The Balaban J connectivity index is 0.00000170. The summed E-state index contributed by atoms with van der Waals surface area (Å²) in [5.74, 6) is -0.332. The van der Waals surface area contributed by atoms with E-state index in [0.29, 0.717) is 12.8 Å². The summed E-state index contributed by atoms with van der Waals surface area (Å²) in [5, 5.41) is 9.88. The van der Waals surface area contributed by atoms with Gasteiger partial charge in [-0.05, 0) is 31.9 Å². The summed E-state index contributed by atoms with van der Waals surface area (Å²) >= 11 is 0. The van der Waals surface area contributed by atoms with E-state index in [4.69, 9.17) is 0 Å². The van der Waals surface area contributed by atoms with Crippen LogP contribution in [0, 0.1) is 0 Å². The van der Waals surface area contributed by atoms with Gasteiger partial charge in [0.25, 0.3) is 5.91 Å². The minimum Gasteiger partial charge on any atom is -0.354 e. The van der Waals surface area contributed by atoms with Gasteiger partial charge in [0.2, 0.25) is 0 Å². The van der Waals surface area contributed by atoms with Gasteiger partial charge >= 0.3 is 0 Å². The van der Waals surface area contributed by atoms with Gasteiger partial charge in [-0.3, -0.25) is 4.79 Å². The average molecular weight is 326 g/mol. The summed E-state index contributed by atoms with van der Waals surface area (Å²) in [4.78, 5) is 11.3. The Kier molecular flexibility index (Phi) is 7.79. The number of aromatic nitrogens is 3. The van der Waals surface area contributed by atoms with Crippen LogP contribution in [0.25, 0.3) is 0 Å². The summed E-state index contributed by atoms with van der Waals surface area (Å²) in [5.41, 5.74) is 8.12. The summed E-state index contributed by atoms with van der Waals surface area (Å²) in [7, 11) is 1.51. The maximum Gasteiger partial charge on any atom is 0.273 e. The van der Waals surface area contributed by atoms with Crippen LogP contribution in [0.3, 0.4) is 0 Å². The van der Waals surface area contributed by atoms with Crippen LogP contribution < -0.4 is 16.2 Å². The molecule has 0 saturated heterocycles. The lowest BCUT2D eigenvalue weighted by atomic mass is 10.1. The van der Waals surface area contributed by atoms with E-state index >= 15 is 0 Å². The van der Waals surface area contributed by atoms with Crippen LogP contribution in [0.2, 0.25) is 0 Å². The minimum absolute atomic E-state index is 0. The van der Waals surface area contributed by atoms with Gasteiger partial charge in [0.05, 0.1) is 12.7 Å². The average Bonchev–Trinajstić information content (AvgIpc) is 3.04. The summed E-state index contributed by atoms with van der Waals surface area (Å²) in [6.07, 6.45) is 5.21. The van der Waals surface area contributed by atoms with Crippen LogP contribution >= 0.6 is 0 Å². The third-order valence-electron chi connectivity index (χ3n) is 3.07. The van der Waals surface area contributed by atoms with E-state index in [1.54, 1.807) is 0 Å². The largest absolute Gasteiger partial charge is 0.354 e. The topological polar surface area (TPSA) is 83.9 Å². The highest BCUT2D eigenvalue weighted by Crippen LogP contribution is 2.11. The fraction of sp³-hybridized carbons (Fsp3) is 0.533. The molecule has 8 heteroatoms. The Bertz CT molecular complexity index is 572.